The molecule has 21 heavy (non-hydrogen) atoms. The van der Waals surface area contributed by atoms with E-state index in [1.54, 1.807) is 0 Å². The van der Waals surface area contributed by atoms with Gasteiger partial charge in [0.15, 0.2) is 0 Å². The third kappa shape index (κ3) is 14.6. The molecule has 0 heterocycles. The highest BCUT2D eigenvalue weighted by Gasteiger charge is 2.20. The Kier molecular flexibility index (Phi) is 9.80. The molecule has 0 aliphatic carbocycles. The highest BCUT2D eigenvalue weighted by molar-refractivity contribution is 4.80. The van der Waals surface area contributed by atoms with Gasteiger partial charge in [-0.25, -0.2) is 0 Å². The average Bonchev–Trinajstić information content (AvgIpc) is 2.25. The van der Waals surface area contributed by atoms with Crippen LogP contribution in [0.4, 0.5) is 0 Å². The van der Waals surface area contributed by atoms with Crippen LogP contribution in [0.5, 0.6) is 0 Å². The minimum absolute atomic E-state index is 0.251. The molecular weight excluding hydrogens is 256 g/mol. The summed E-state index contributed by atoms with van der Waals surface area (Å²) in [5.74, 6) is 1.51. The summed E-state index contributed by atoms with van der Waals surface area (Å²) >= 11 is 0. The highest BCUT2D eigenvalue weighted by atomic mass is 15.0. The van der Waals surface area contributed by atoms with E-state index in [9.17, 15) is 0 Å². The summed E-state index contributed by atoms with van der Waals surface area (Å²) in [6.07, 6.45) is 5.09. The normalized spacial score (nSPS) is 14.7. The van der Waals surface area contributed by atoms with Crippen LogP contribution >= 0.6 is 0 Å². The van der Waals surface area contributed by atoms with E-state index in [4.69, 9.17) is 0 Å². The molecule has 0 radical (unpaired) electrons. The molecule has 0 aromatic carbocycles. The molecule has 0 rings (SSSR count). The molecule has 1 atom stereocenters. The summed E-state index contributed by atoms with van der Waals surface area (Å²) in [6, 6.07) is 0. The molecule has 2 heteroatoms. The molecule has 1 unspecified atom stereocenters. The van der Waals surface area contributed by atoms with Crippen LogP contribution in [0.25, 0.3) is 0 Å². The van der Waals surface area contributed by atoms with Crippen molar-refractivity contribution in [3.63, 3.8) is 0 Å². The molecule has 128 valence electrons. The predicted molar refractivity (Wildman–Crippen MR) is 96.9 cm³/mol. The minimum Gasteiger partial charge on any atom is -0.316 e. The van der Waals surface area contributed by atoms with Crippen molar-refractivity contribution < 1.29 is 0 Å². The Bertz CT molecular complexity index is 251. The third-order valence-electron chi connectivity index (χ3n) is 3.96. The first-order chi connectivity index (χ1) is 9.52. The first-order valence-electron chi connectivity index (χ1n) is 8.97. The van der Waals surface area contributed by atoms with Gasteiger partial charge in [-0.3, -0.25) is 0 Å². The van der Waals surface area contributed by atoms with Crippen LogP contribution in [-0.2, 0) is 0 Å². The predicted octanol–water partition coefficient (Wildman–Crippen LogP) is 4.84. The maximum absolute atomic E-state index is 3.71. The summed E-state index contributed by atoms with van der Waals surface area (Å²) in [5, 5.41) is 7.34. The quantitative estimate of drug-likeness (QED) is 0.533. The Morgan fingerprint density at radius 3 is 2.05 bits per heavy atom. The molecule has 0 bridgehead atoms. The van der Waals surface area contributed by atoms with Crippen LogP contribution in [0.2, 0.25) is 0 Å². The maximum Gasteiger partial charge on any atom is 0.0128 e. The van der Waals surface area contributed by atoms with Gasteiger partial charge in [0.2, 0.25) is 0 Å². The molecule has 0 fully saturated rings. The lowest BCUT2D eigenvalue weighted by Gasteiger charge is -2.30. The Balaban J connectivity index is 3.73. The van der Waals surface area contributed by atoms with Gasteiger partial charge in [0.1, 0.15) is 0 Å². The minimum atomic E-state index is 0.251. The number of nitrogens with one attached hydrogen (secondary N) is 2. The van der Waals surface area contributed by atoms with Crippen molar-refractivity contribution >= 4 is 0 Å². The summed E-state index contributed by atoms with van der Waals surface area (Å²) < 4.78 is 0. The summed E-state index contributed by atoms with van der Waals surface area (Å²) in [5.41, 5.74) is 0.719. The van der Waals surface area contributed by atoms with Crippen molar-refractivity contribution in [1.82, 2.24) is 10.6 Å². The maximum atomic E-state index is 3.71. The summed E-state index contributed by atoms with van der Waals surface area (Å²) in [6.45, 7) is 22.0. The van der Waals surface area contributed by atoms with Gasteiger partial charge in [0, 0.05) is 5.54 Å². The number of hydrogen-bond donors (Lipinski definition) is 2. The van der Waals surface area contributed by atoms with Crippen LogP contribution in [0.15, 0.2) is 0 Å². The summed E-state index contributed by atoms with van der Waals surface area (Å²) in [7, 11) is 0. The van der Waals surface area contributed by atoms with Crippen molar-refractivity contribution in [2.45, 2.75) is 86.6 Å². The highest BCUT2D eigenvalue weighted by Crippen LogP contribution is 2.20. The van der Waals surface area contributed by atoms with E-state index in [1.807, 2.05) is 0 Å². The standard InChI is InChI=1S/C19H42N2/c1-16(2)10-13-21-19(7,8)14-17(3)15-20-12-9-11-18(4,5)6/h16-17,20-21H,9-15H2,1-8H3. The van der Waals surface area contributed by atoms with Crippen LogP contribution in [0.3, 0.4) is 0 Å². The Hall–Kier alpha value is -0.0800. The van der Waals surface area contributed by atoms with Gasteiger partial charge in [0.05, 0.1) is 0 Å². The second kappa shape index (κ2) is 9.84. The van der Waals surface area contributed by atoms with E-state index in [0.717, 1.165) is 31.5 Å². The van der Waals surface area contributed by atoms with E-state index < -0.39 is 0 Å². The number of rotatable bonds is 11. The lowest BCUT2D eigenvalue weighted by Crippen LogP contribution is -2.42. The van der Waals surface area contributed by atoms with Crippen molar-refractivity contribution in [3.05, 3.63) is 0 Å². The molecule has 2 nitrogen and oxygen atoms in total. The lowest BCUT2D eigenvalue weighted by atomic mass is 9.90. The molecule has 0 aliphatic rings. The summed E-state index contributed by atoms with van der Waals surface area (Å²) in [4.78, 5) is 0. The van der Waals surface area contributed by atoms with Gasteiger partial charge >= 0.3 is 0 Å². The van der Waals surface area contributed by atoms with Crippen molar-refractivity contribution in [2.24, 2.45) is 17.3 Å². The Morgan fingerprint density at radius 2 is 1.52 bits per heavy atom. The second-order valence-electron chi connectivity index (χ2n) is 9.17. The zero-order chi connectivity index (χ0) is 16.5. The zero-order valence-corrected chi connectivity index (χ0v) is 16.1. The van der Waals surface area contributed by atoms with Gasteiger partial charge in [-0.1, -0.05) is 41.5 Å². The molecule has 0 aromatic heterocycles. The van der Waals surface area contributed by atoms with Crippen molar-refractivity contribution in [3.8, 4) is 0 Å². The molecule has 0 saturated heterocycles. The van der Waals surface area contributed by atoms with Gasteiger partial charge in [-0.15, -0.1) is 0 Å². The van der Waals surface area contributed by atoms with E-state index in [1.165, 1.54) is 25.7 Å². The second-order valence-corrected chi connectivity index (χ2v) is 9.17. The molecular formula is C19H42N2. The Labute approximate surface area is 134 Å². The largest absolute Gasteiger partial charge is 0.316 e. The van der Waals surface area contributed by atoms with Gasteiger partial charge in [0.25, 0.3) is 0 Å². The SMILES string of the molecule is CC(C)CCNC(C)(C)CC(C)CNCCCC(C)(C)C. The first-order valence-corrected chi connectivity index (χ1v) is 8.97. The van der Waals surface area contributed by atoms with Crippen molar-refractivity contribution in [1.29, 1.82) is 0 Å². The van der Waals surface area contributed by atoms with Crippen LogP contribution in [0, 0.1) is 17.3 Å². The molecule has 0 amide bonds. The van der Waals surface area contributed by atoms with E-state index in [-0.39, 0.29) is 5.54 Å². The lowest BCUT2D eigenvalue weighted by molar-refractivity contribution is 0.293. The molecule has 0 saturated carbocycles. The van der Waals surface area contributed by atoms with Gasteiger partial charge in [-0.2, -0.15) is 0 Å². The van der Waals surface area contributed by atoms with Crippen molar-refractivity contribution in [2.75, 3.05) is 19.6 Å². The zero-order valence-electron chi connectivity index (χ0n) is 16.1. The van der Waals surface area contributed by atoms with Gasteiger partial charge in [-0.05, 0) is 76.4 Å². The number of hydrogen-bond acceptors (Lipinski definition) is 2. The van der Waals surface area contributed by atoms with E-state index >= 15 is 0 Å². The van der Waals surface area contributed by atoms with Crippen LogP contribution < -0.4 is 10.6 Å². The fraction of sp³-hybridized carbons (Fsp3) is 1.00. The molecule has 0 spiro atoms. The average molecular weight is 299 g/mol. The van der Waals surface area contributed by atoms with Crippen LogP contribution in [0.1, 0.15) is 81.1 Å². The molecule has 2 N–H and O–H groups in total. The smallest absolute Gasteiger partial charge is 0.0128 e. The Morgan fingerprint density at radius 1 is 0.905 bits per heavy atom. The molecule has 0 aliphatic heterocycles. The van der Waals surface area contributed by atoms with E-state index in [0.29, 0.717) is 5.41 Å². The van der Waals surface area contributed by atoms with Crippen LogP contribution in [-0.4, -0.2) is 25.2 Å². The third-order valence-corrected chi connectivity index (χ3v) is 3.96. The van der Waals surface area contributed by atoms with E-state index in [2.05, 4.69) is 66.0 Å². The van der Waals surface area contributed by atoms with Gasteiger partial charge < -0.3 is 10.6 Å². The fourth-order valence-corrected chi connectivity index (χ4v) is 2.81. The molecule has 0 aromatic rings. The monoisotopic (exact) mass is 298 g/mol. The topological polar surface area (TPSA) is 24.1 Å². The first kappa shape index (κ1) is 20.9. The fourth-order valence-electron chi connectivity index (χ4n) is 2.81.